The number of hydrogen-bond acceptors (Lipinski definition) is 9. The second-order valence-electron chi connectivity index (χ2n) is 5.69. The van der Waals surface area contributed by atoms with Gasteiger partial charge in [0.05, 0.1) is 0 Å². The van der Waals surface area contributed by atoms with Crippen LogP contribution in [0.3, 0.4) is 0 Å². The van der Waals surface area contributed by atoms with Crippen LogP contribution in [0.1, 0.15) is 20.7 Å². The number of esters is 2. The van der Waals surface area contributed by atoms with Gasteiger partial charge in [-0.15, -0.1) is 0 Å². The molecule has 2 aromatic rings. The maximum atomic E-state index is 12.7. The standard InChI is InChI=1S/C16H13O10S2.Li/c1-24-15(17)10-7-11(16(18)25-2)9-12(8-10)28(22,23)26-13-5-3-4-6-14(13)27(19,20)21;/h3,5-9H,1-2H3,(H,19,20,21);. The quantitative estimate of drug-likeness (QED) is 0.285. The number of carbonyl (C=O) groups is 2. The van der Waals surface area contributed by atoms with E-state index in [4.69, 9.17) is 4.18 Å². The predicted molar refractivity (Wildman–Crippen MR) is 98.6 cm³/mol. The molecule has 0 aliphatic heterocycles. The molecule has 0 saturated heterocycles. The molecule has 150 valence electrons. The predicted octanol–water partition coefficient (Wildman–Crippen LogP) is 0.0680. The molecule has 0 heterocycles. The SMILES string of the molecule is [Li][c]1ccc(OS(=O)(=O)c2cc(C(=O)OC)cc(C(=O)OC)c2)c(S(=O)(=O)O)c1. The zero-order valence-electron chi connectivity index (χ0n) is 15.4. The van der Waals surface area contributed by atoms with Crippen LogP contribution in [0.15, 0.2) is 46.2 Å². The normalized spacial score (nSPS) is 11.6. The number of benzene rings is 2. The van der Waals surface area contributed by atoms with E-state index in [1.54, 1.807) is 0 Å². The number of carbonyl (C=O) groups excluding carboxylic acids is 2. The van der Waals surface area contributed by atoms with Crippen LogP contribution in [0.4, 0.5) is 0 Å². The van der Waals surface area contributed by atoms with Gasteiger partial charge in [0.15, 0.2) is 0 Å². The molecule has 2 aromatic carbocycles. The van der Waals surface area contributed by atoms with E-state index < -0.39 is 47.7 Å². The van der Waals surface area contributed by atoms with Crippen LogP contribution in [0.25, 0.3) is 0 Å². The van der Waals surface area contributed by atoms with Crippen molar-refractivity contribution in [2.24, 2.45) is 0 Å². The second-order valence-corrected chi connectivity index (χ2v) is 8.63. The molecule has 0 aliphatic rings. The fourth-order valence-corrected chi connectivity index (χ4v) is 4.04. The van der Waals surface area contributed by atoms with Gasteiger partial charge in [-0.05, 0) is 0 Å². The van der Waals surface area contributed by atoms with Crippen molar-refractivity contribution in [2.75, 3.05) is 14.2 Å². The van der Waals surface area contributed by atoms with E-state index in [1.165, 1.54) is 23.8 Å². The number of ether oxygens (including phenoxy) is 2. The van der Waals surface area contributed by atoms with Crippen LogP contribution in [0, 0.1) is 0 Å². The molecule has 29 heavy (non-hydrogen) atoms. The fourth-order valence-electron chi connectivity index (χ4n) is 2.27. The van der Waals surface area contributed by atoms with Crippen molar-refractivity contribution in [3.8, 4) is 5.75 Å². The molecular weight excluding hydrogens is 423 g/mol. The van der Waals surface area contributed by atoms with E-state index >= 15 is 0 Å². The molecule has 10 nitrogen and oxygen atoms in total. The van der Waals surface area contributed by atoms with Crippen LogP contribution in [-0.2, 0) is 29.7 Å². The first-order chi connectivity index (χ1) is 13.4. The Morgan fingerprint density at radius 2 is 1.41 bits per heavy atom. The summed E-state index contributed by atoms with van der Waals surface area (Å²) >= 11 is 1.52. The Morgan fingerprint density at radius 1 is 0.897 bits per heavy atom. The van der Waals surface area contributed by atoms with Crippen molar-refractivity contribution in [1.29, 1.82) is 0 Å². The third-order valence-electron chi connectivity index (χ3n) is 3.61. The van der Waals surface area contributed by atoms with Crippen LogP contribution in [0.2, 0.25) is 0 Å². The second kappa shape index (κ2) is 8.56. The summed E-state index contributed by atoms with van der Waals surface area (Å²) in [6.45, 7) is 0. The van der Waals surface area contributed by atoms with Gasteiger partial charge in [0.25, 0.3) is 0 Å². The molecule has 0 bridgehead atoms. The van der Waals surface area contributed by atoms with E-state index in [0.29, 0.717) is 4.24 Å². The molecule has 13 heteroatoms. The zero-order valence-corrected chi connectivity index (χ0v) is 17.0. The monoisotopic (exact) mass is 436 g/mol. The Labute approximate surface area is 175 Å². The molecule has 0 atom stereocenters. The first-order valence-corrected chi connectivity index (χ1v) is 10.6. The van der Waals surface area contributed by atoms with Crippen LogP contribution < -0.4 is 8.42 Å². The van der Waals surface area contributed by atoms with Gasteiger partial charge in [-0.2, -0.15) is 0 Å². The summed E-state index contributed by atoms with van der Waals surface area (Å²) in [5, 5.41) is 0. The van der Waals surface area contributed by atoms with E-state index in [1.807, 2.05) is 0 Å². The Hall–Kier alpha value is -2.36. The Bertz CT molecular complexity index is 1150. The Morgan fingerprint density at radius 3 is 1.86 bits per heavy atom. The summed E-state index contributed by atoms with van der Waals surface area (Å²) in [4.78, 5) is 22.2. The summed E-state index contributed by atoms with van der Waals surface area (Å²) in [6, 6.07) is 6.26. The molecule has 0 spiro atoms. The number of methoxy groups -OCH3 is 2. The van der Waals surface area contributed by atoms with Crippen molar-refractivity contribution in [1.82, 2.24) is 0 Å². The van der Waals surface area contributed by atoms with Crippen LogP contribution in [0.5, 0.6) is 5.75 Å². The van der Waals surface area contributed by atoms with Crippen molar-refractivity contribution in [2.45, 2.75) is 9.79 Å². The molecule has 0 aromatic heterocycles. The van der Waals surface area contributed by atoms with E-state index in [2.05, 4.69) is 9.47 Å². The van der Waals surface area contributed by atoms with Gasteiger partial charge < -0.3 is 0 Å². The van der Waals surface area contributed by atoms with E-state index in [0.717, 1.165) is 44.6 Å². The Kier molecular flexibility index (Phi) is 6.77. The van der Waals surface area contributed by atoms with E-state index in [-0.39, 0.29) is 11.1 Å². The number of rotatable bonds is 6. The van der Waals surface area contributed by atoms with Gasteiger partial charge in [0, 0.05) is 0 Å². The third-order valence-corrected chi connectivity index (χ3v) is 5.70. The molecule has 2 rings (SSSR count). The summed E-state index contributed by atoms with van der Waals surface area (Å²) < 4.78 is 72.2. The van der Waals surface area contributed by atoms with Crippen LogP contribution in [-0.4, -0.2) is 65.3 Å². The molecule has 0 radical (unpaired) electrons. The topological polar surface area (TPSA) is 150 Å². The first-order valence-electron chi connectivity index (χ1n) is 7.73. The Balaban J connectivity index is 2.63. The first kappa shape index (κ1) is 22.9. The molecule has 0 saturated carbocycles. The van der Waals surface area contributed by atoms with Gasteiger partial charge in [-0.1, -0.05) is 0 Å². The van der Waals surface area contributed by atoms with Crippen molar-refractivity contribution < 1.29 is 44.6 Å². The summed E-state index contributed by atoms with van der Waals surface area (Å²) in [7, 11) is -7.41. The third kappa shape index (κ3) is 5.37. The molecule has 0 unspecified atom stereocenters. The van der Waals surface area contributed by atoms with Crippen molar-refractivity contribution >= 4 is 54.1 Å². The van der Waals surface area contributed by atoms with Crippen molar-refractivity contribution in [3.63, 3.8) is 0 Å². The maximum absolute atomic E-state index is 12.7. The van der Waals surface area contributed by atoms with Gasteiger partial charge in [-0.3, -0.25) is 0 Å². The van der Waals surface area contributed by atoms with Gasteiger partial charge in [0.2, 0.25) is 0 Å². The summed E-state index contributed by atoms with van der Waals surface area (Å²) in [6.07, 6.45) is 0. The average Bonchev–Trinajstić information content (AvgIpc) is 2.66. The molecule has 0 amide bonds. The van der Waals surface area contributed by atoms with Gasteiger partial charge in [0.1, 0.15) is 0 Å². The molecule has 0 fully saturated rings. The van der Waals surface area contributed by atoms with Gasteiger partial charge >= 0.3 is 176 Å². The van der Waals surface area contributed by atoms with E-state index in [9.17, 15) is 31.0 Å². The fraction of sp³-hybridized carbons (Fsp3) is 0.125. The summed E-state index contributed by atoms with van der Waals surface area (Å²) in [5.74, 6) is -2.52. The molecule has 1 N–H and O–H groups in total. The number of hydrogen-bond donors (Lipinski definition) is 1. The minimum atomic E-state index is -4.80. The molecular formula is C16H13LiO10S2. The molecule has 0 aliphatic carbocycles. The average molecular weight is 436 g/mol. The van der Waals surface area contributed by atoms with Gasteiger partial charge in [-0.25, -0.2) is 0 Å². The zero-order chi connectivity index (χ0) is 22.0. The minimum absolute atomic E-state index is 0.281. The van der Waals surface area contributed by atoms with Crippen LogP contribution >= 0.6 is 0 Å². The van der Waals surface area contributed by atoms with Crippen molar-refractivity contribution in [3.05, 3.63) is 47.5 Å². The summed E-state index contributed by atoms with van der Waals surface area (Å²) in [5.41, 5.74) is -0.562.